The lowest BCUT2D eigenvalue weighted by molar-refractivity contribution is 0.173. The minimum Gasteiger partial charge on any atom is -0.493 e. The molecule has 1 N–H and O–H groups in total. The lowest BCUT2D eigenvalue weighted by Gasteiger charge is -2.16. The van der Waals surface area contributed by atoms with E-state index in [4.69, 9.17) is 24.1 Å². The molecule has 2 aliphatic heterocycles. The molecular formula is C20H20O5. The maximum absolute atomic E-state index is 9.00. The van der Waals surface area contributed by atoms with Crippen LogP contribution in [0.25, 0.3) is 6.08 Å². The highest BCUT2D eigenvalue weighted by atomic mass is 16.7. The van der Waals surface area contributed by atoms with E-state index in [1.165, 1.54) is 0 Å². The van der Waals surface area contributed by atoms with Crippen LogP contribution in [0.4, 0.5) is 0 Å². The Morgan fingerprint density at radius 1 is 1.20 bits per heavy atom. The number of aliphatic hydroxyl groups is 1. The Bertz CT molecular complexity index is 827. The van der Waals surface area contributed by atoms with E-state index in [2.05, 4.69) is 13.0 Å². The lowest BCUT2D eigenvalue weighted by atomic mass is 9.91. The molecule has 0 radical (unpaired) electrons. The van der Waals surface area contributed by atoms with Crippen molar-refractivity contribution in [2.45, 2.75) is 18.9 Å². The molecule has 25 heavy (non-hydrogen) atoms. The van der Waals surface area contributed by atoms with Crippen molar-refractivity contribution >= 4 is 6.08 Å². The summed E-state index contributed by atoms with van der Waals surface area (Å²) in [5.41, 5.74) is 3.12. The van der Waals surface area contributed by atoms with Gasteiger partial charge in [0.2, 0.25) is 6.79 Å². The van der Waals surface area contributed by atoms with Crippen LogP contribution in [0, 0.1) is 0 Å². The number of methoxy groups -OCH3 is 1. The van der Waals surface area contributed by atoms with E-state index in [0.29, 0.717) is 5.75 Å². The summed E-state index contributed by atoms with van der Waals surface area (Å²) in [5, 5.41) is 9.00. The number of ether oxygens (including phenoxy) is 4. The molecule has 130 valence electrons. The third-order valence-corrected chi connectivity index (χ3v) is 4.66. The number of hydrogen-bond acceptors (Lipinski definition) is 5. The second-order valence-electron chi connectivity index (χ2n) is 6.17. The molecule has 5 heteroatoms. The second-order valence-corrected chi connectivity index (χ2v) is 6.17. The average molecular weight is 340 g/mol. The average Bonchev–Trinajstić information content (AvgIpc) is 3.23. The molecule has 2 heterocycles. The molecule has 2 atom stereocenters. The zero-order valence-corrected chi connectivity index (χ0v) is 14.2. The molecule has 0 fully saturated rings. The summed E-state index contributed by atoms with van der Waals surface area (Å²) in [6.45, 7) is 2.40. The maximum Gasteiger partial charge on any atom is 0.231 e. The Kier molecular flexibility index (Phi) is 4.01. The molecule has 2 aromatic rings. The number of fused-ring (bicyclic) bond motifs is 2. The first-order valence-electron chi connectivity index (χ1n) is 8.27. The van der Waals surface area contributed by atoms with Gasteiger partial charge in [-0.3, -0.25) is 0 Å². The van der Waals surface area contributed by atoms with Gasteiger partial charge in [-0.2, -0.15) is 0 Å². The summed E-state index contributed by atoms with van der Waals surface area (Å²) >= 11 is 0. The Morgan fingerprint density at radius 3 is 2.84 bits per heavy atom. The minimum absolute atomic E-state index is 0.00523. The van der Waals surface area contributed by atoms with Crippen molar-refractivity contribution in [1.29, 1.82) is 0 Å². The van der Waals surface area contributed by atoms with E-state index in [1.807, 2.05) is 30.3 Å². The van der Waals surface area contributed by atoms with Crippen molar-refractivity contribution in [3.8, 4) is 23.0 Å². The Hall–Kier alpha value is -2.66. The van der Waals surface area contributed by atoms with Gasteiger partial charge in [0.15, 0.2) is 23.0 Å². The molecule has 5 nitrogen and oxygen atoms in total. The van der Waals surface area contributed by atoms with Gasteiger partial charge in [0.1, 0.15) is 6.10 Å². The molecule has 0 saturated heterocycles. The first-order chi connectivity index (χ1) is 12.2. The van der Waals surface area contributed by atoms with E-state index >= 15 is 0 Å². The monoisotopic (exact) mass is 340 g/mol. The second kappa shape index (κ2) is 6.33. The molecule has 0 spiro atoms. The summed E-state index contributed by atoms with van der Waals surface area (Å²) in [6, 6.07) is 9.92. The van der Waals surface area contributed by atoms with Crippen LogP contribution in [0.2, 0.25) is 0 Å². The molecule has 4 rings (SSSR count). The summed E-state index contributed by atoms with van der Waals surface area (Å²) in [6.07, 6.45) is 3.47. The van der Waals surface area contributed by atoms with E-state index in [1.54, 1.807) is 13.2 Å². The molecule has 0 aliphatic carbocycles. The van der Waals surface area contributed by atoms with Crippen molar-refractivity contribution < 1.29 is 24.1 Å². The highest BCUT2D eigenvalue weighted by molar-refractivity contribution is 5.62. The van der Waals surface area contributed by atoms with Gasteiger partial charge in [0.25, 0.3) is 0 Å². The summed E-state index contributed by atoms with van der Waals surface area (Å²) in [5.74, 6) is 3.15. The molecule has 2 aliphatic rings. The zero-order valence-electron chi connectivity index (χ0n) is 14.2. The highest BCUT2D eigenvalue weighted by Crippen LogP contribution is 2.51. The van der Waals surface area contributed by atoms with Crippen LogP contribution in [0.5, 0.6) is 23.0 Å². The van der Waals surface area contributed by atoms with Gasteiger partial charge < -0.3 is 24.1 Å². The van der Waals surface area contributed by atoms with Crippen molar-refractivity contribution in [3.05, 3.63) is 53.1 Å². The first-order valence-corrected chi connectivity index (χ1v) is 8.27. The standard InChI is InChI=1S/C20H20O5/c1-12-15-8-13(4-3-7-21)9-18(22-2)20(15)25-19(12)14-5-6-16-17(10-14)24-11-23-16/h3-6,8-10,12,19,21H,7,11H2,1-2H3/b4-3+/t12-,19-/m0/s1. The van der Waals surface area contributed by atoms with Crippen molar-refractivity contribution in [1.82, 2.24) is 0 Å². The normalized spacial score (nSPS) is 20.6. The van der Waals surface area contributed by atoms with Crippen LogP contribution in [0.3, 0.4) is 0 Å². The maximum atomic E-state index is 9.00. The summed E-state index contributed by atoms with van der Waals surface area (Å²) < 4.78 is 22.6. The van der Waals surface area contributed by atoms with E-state index < -0.39 is 0 Å². The molecule has 2 aromatic carbocycles. The van der Waals surface area contributed by atoms with Crippen molar-refractivity contribution in [3.63, 3.8) is 0 Å². The molecule has 0 aromatic heterocycles. The molecule has 0 amide bonds. The first kappa shape index (κ1) is 15.8. The van der Waals surface area contributed by atoms with Gasteiger partial charge in [0.05, 0.1) is 13.7 Å². The highest BCUT2D eigenvalue weighted by Gasteiger charge is 2.35. The van der Waals surface area contributed by atoms with Crippen LogP contribution < -0.4 is 18.9 Å². The predicted molar refractivity (Wildman–Crippen MR) is 93.5 cm³/mol. The van der Waals surface area contributed by atoms with Gasteiger partial charge in [-0.25, -0.2) is 0 Å². The van der Waals surface area contributed by atoms with Gasteiger partial charge in [0, 0.05) is 11.5 Å². The van der Waals surface area contributed by atoms with Gasteiger partial charge >= 0.3 is 0 Å². The Labute approximate surface area is 146 Å². The van der Waals surface area contributed by atoms with Crippen LogP contribution in [-0.4, -0.2) is 25.6 Å². The third-order valence-electron chi connectivity index (χ3n) is 4.66. The van der Waals surface area contributed by atoms with Gasteiger partial charge in [-0.15, -0.1) is 0 Å². The van der Waals surface area contributed by atoms with E-state index in [0.717, 1.165) is 33.9 Å². The number of benzene rings is 2. The Morgan fingerprint density at radius 2 is 2.04 bits per heavy atom. The molecular weight excluding hydrogens is 320 g/mol. The zero-order chi connectivity index (χ0) is 17.4. The van der Waals surface area contributed by atoms with Gasteiger partial charge in [-0.05, 0) is 35.4 Å². The number of hydrogen-bond donors (Lipinski definition) is 1. The largest absolute Gasteiger partial charge is 0.493 e. The summed E-state index contributed by atoms with van der Waals surface area (Å²) in [7, 11) is 1.64. The number of rotatable bonds is 4. The van der Waals surface area contributed by atoms with Crippen LogP contribution in [-0.2, 0) is 0 Å². The van der Waals surface area contributed by atoms with E-state index in [-0.39, 0.29) is 25.4 Å². The van der Waals surface area contributed by atoms with Crippen molar-refractivity contribution in [2.75, 3.05) is 20.5 Å². The molecule has 0 bridgehead atoms. The fourth-order valence-corrected chi connectivity index (χ4v) is 3.39. The topological polar surface area (TPSA) is 57.2 Å². The van der Waals surface area contributed by atoms with E-state index in [9.17, 15) is 0 Å². The fourth-order valence-electron chi connectivity index (χ4n) is 3.39. The van der Waals surface area contributed by atoms with Gasteiger partial charge in [-0.1, -0.05) is 25.1 Å². The Balaban J connectivity index is 1.70. The quantitative estimate of drug-likeness (QED) is 0.920. The fraction of sp³-hybridized carbons (Fsp3) is 0.300. The van der Waals surface area contributed by atoms with Crippen molar-refractivity contribution in [2.24, 2.45) is 0 Å². The predicted octanol–water partition coefficient (Wildman–Crippen LogP) is 3.67. The lowest BCUT2D eigenvalue weighted by Crippen LogP contribution is -2.07. The smallest absolute Gasteiger partial charge is 0.231 e. The van der Waals surface area contributed by atoms with Crippen LogP contribution in [0.15, 0.2) is 36.4 Å². The third kappa shape index (κ3) is 2.70. The SMILES string of the molecule is COc1cc(/C=C/CO)cc2c1O[C@H](c1ccc3c(c1)OCO3)[C@H]2C. The molecule has 0 saturated carbocycles. The van der Waals surface area contributed by atoms with Crippen LogP contribution in [0.1, 0.15) is 35.6 Å². The number of aliphatic hydroxyl groups excluding tert-OH is 1. The molecule has 0 unspecified atom stereocenters. The van der Waals surface area contributed by atoms with Crippen LogP contribution >= 0.6 is 0 Å². The minimum atomic E-state index is -0.115. The summed E-state index contributed by atoms with van der Waals surface area (Å²) in [4.78, 5) is 0.